The Labute approximate surface area is 133 Å². The van der Waals surface area contributed by atoms with Gasteiger partial charge in [-0.3, -0.25) is 4.48 Å². The normalized spacial score (nSPS) is 16.8. The minimum atomic E-state index is 0. The van der Waals surface area contributed by atoms with Crippen molar-refractivity contribution in [2.24, 2.45) is 5.10 Å². The summed E-state index contributed by atoms with van der Waals surface area (Å²) < 4.78 is 0.868. The second-order valence-corrected chi connectivity index (χ2v) is 6.10. The number of halogens is 1. The van der Waals surface area contributed by atoms with E-state index in [-0.39, 0.29) is 24.0 Å². The van der Waals surface area contributed by atoms with Crippen LogP contribution in [0.5, 0.6) is 0 Å². The van der Waals surface area contributed by atoms with Crippen molar-refractivity contribution in [1.82, 2.24) is 9.49 Å². The molecule has 0 saturated heterocycles. The Balaban J connectivity index is 0.00000180. The molecule has 1 aromatic rings. The first-order valence-corrected chi connectivity index (χ1v) is 6.58. The molecule has 2 rings (SSSR count). The van der Waals surface area contributed by atoms with E-state index in [0.29, 0.717) is 0 Å². The van der Waals surface area contributed by atoms with Gasteiger partial charge in [0.15, 0.2) is 0 Å². The van der Waals surface area contributed by atoms with Gasteiger partial charge in [0, 0.05) is 25.7 Å². The summed E-state index contributed by atoms with van der Waals surface area (Å²) in [7, 11) is 10.6. The molecule has 0 atom stereocenters. The molecule has 0 radical (unpaired) electrons. The van der Waals surface area contributed by atoms with Crippen LogP contribution in [0.3, 0.4) is 0 Å². The molecule has 3 nitrogen and oxygen atoms in total. The predicted octanol–water partition coefficient (Wildman–Crippen LogP) is -0.511. The average molecular weight is 373 g/mol. The Bertz CT molecular complexity index is 473. The fourth-order valence-electron chi connectivity index (χ4n) is 2.41. The minimum Gasteiger partial charge on any atom is -1.00 e. The largest absolute Gasteiger partial charge is 1.00 e. The molecule has 0 unspecified atom stereocenters. The van der Waals surface area contributed by atoms with Crippen LogP contribution in [0, 0.1) is 0 Å². The van der Waals surface area contributed by atoms with Gasteiger partial charge in [0.1, 0.15) is 5.69 Å². The lowest BCUT2D eigenvalue weighted by Gasteiger charge is -2.26. The minimum absolute atomic E-state index is 0. The summed E-state index contributed by atoms with van der Waals surface area (Å²) in [6.45, 7) is 0. The van der Waals surface area contributed by atoms with E-state index in [2.05, 4.69) is 44.4 Å². The van der Waals surface area contributed by atoms with Crippen LogP contribution in [0.1, 0.15) is 24.0 Å². The maximum atomic E-state index is 4.61. The van der Waals surface area contributed by atoms with Crippen molar-refractivity contribution in [3.05, 3.63) is 29.3 Å². The van der Waals surface area contributed by atoms with E-state index in [4.69, 9.17) is 0 Å². The van der Waals surface area contributed by atoms with Gasteiger partial charge in [-0.1, -0.05) is 0 Å². The van der Waals surface area contributed by atoms with Crippen molar-refractivity contribution in [3.8, 4) is 0 Å². The zero-order valence-electron chi connectivity index (χ0n) is 12.6. The summed E-state index contributed by atoms with van der Waals surface area (Å²) >= 11 is 0. The van der Waals surface area contributed by atoms with Gasteiger partial charge in [0.05, 0.1) is 26.9 Å². The van der Waals surface area contributed by atoms with E-state index < -0.39 is 0 Å². The van der Waals surface area contributed by atoms with Gasteiger partial charge in [0.2, 0.25) is 0 Å². The van der Waals surface area contributed by atoms with E-state index in [0.717, 1.165) is 10.9 Å². The highest BCUT2D eigenvalue weighted by molar-refractivity contribution is 6.02. The highest BCUT2D eigenvalue weighted by Gasteiger charge is 2.20. The lowest BCUT2D eigenvalue weighted by Crippen LogP contribution is -3.00. The number of hydrogen-bond donors (Lipinski definition) is 0. The van der Waals surface area contributed by atoms with E-state index in [1.165, 1.54) is 35.4 Å². The molecule has 0 fully saturated rings. The number of hydrazone groups is 1. The third-order valence-electron chi connectivity index (χ3n) is 3.35. The van der Waals surface area contributed by atoms with Gasteiger partial charge in [-0.15, -0.1) is 0 Å². The summed E-state index contributed by atoms with van der Waals surface area (Å²) in [6.07, 6.45) is 3.48. The van der Waals surface area contributed by atoms with Crippen LogP contribution >= 0.6 is 0 Å². The number of rotatable bonds is 2. The zero-order valence-corrected chi connectivity index (χ0v) is 14.7. The van der Waals surface area contributed by atoms with Gasteiger partial charge >= 0.3 is 0 Å². The molecule has 0 heterocycles. The molecule has 19 heavy (non-hydrogen) atoms. The summed E-state index contributed by atoms with van der Waals surface area (Å²) in [4.78, 5) is 0. The van der Waals surface area contributed by atoms with E-state index >= 15 is 0 Å². The van der Waals surface area contributed by atoms with Crippen molar-refractivity contribution < 1.29 is 24.0 Å². The van der Waals surface area contributed by atoms with Crippen LogP contribution in [-0.4, -0.2) is 46.0 Å². The first kappa shape index (κ1) is 16.4. The lowest BCUT2D eigenvalue weighted by molar-refractivity contribution is -0.00000422. The molecule has 0 aliphatic heterocycles. The number of nitrogens with zero attached hydrogens (tertiary/aromatic N) is 3. The van der Waals surface area contributed by atoms with Crippen molar-refractivity contribution in [1.29, 1.82) is 0 Å². The Hall–Kier alpha value is -0.620. The number of hydrogen-bond acceptors (Lipinski definition) is 2. The van der Waals surface area contributed by atoms with Gasteiger partial charge in [-0.05, 0) is 37.0 Å². The summed E-state index contributed by atoms with van der Waals surface area (Å²) in [6, 6.07) is 6.82. The van der Waals surface area contributed by atoms with Crippen molar-refractivity contribution in [3.63, 3.8) is 0 Å². The Morgan fingerprint density at radius 1 is 1.11 bits per heavy atom. The number of benzene rings is 1. The molecule has 0 bridgehead atoms. The molecule has 0 saturated carbocycles. The number of quaternary nitrogens is 1. The maximum Gasteiger partial charge on any atom is 0.132 e. The van der Waals surface area contributed by atoms with Crippen LogP contribution < -0.4 is 28.5 Å². The molecule has 1 aliphatic carbocycles. The quantitative estimate of drug-likeness (QED) is 0.388. The van der Waals surface area contributed by atoms with E-state index in [1.807, 2.05) is 19.1 Å². The fourth-order valence-corrected chi connectivity index (χ4v) is 2.41. The third-order valence-corrected chi connectivity index (χ3v) is 3.35. The SMILES string of the molecule is CN(C)/N=C1\CCCc2cc([N+](C)(C)C)ccc21.[I-]. The fraction of sp³-hybridized carbons (Fsp3) is 0.533. The van der Waals surface area contributed by atoms with Crippen LogP contribution in [-0.2, 0) is 6.42 Å². The van der Waals surface area contributed by atoms with Gasteiger partial charge < -0.3 is 29.0 Å². The lowest BCUT2D eigenvalue weighted by atomic mass is 9.89. The van der Waals surface area contributed by atoms with Crippen LogP contribution in [0.15, 0.2) is 23.3 Å². The van der Waals surface area contributed by atoms with Crippen molar-refractivity contribution in [2.45, 2.75) is 19.3 Å². The Morgan fingerprint density at radius 3 is 2.37 bits per heavy atom. The van der Waals surface area contributed by atoms with E-state index in [9.17, 15) is 0 Å². The second-order valence-electron chi connectivity index (χ2n) is 6.10. The van der Waals surface area contributed by atoms with E-state index in [1.54, 1.807) is 0 Å². The zero-order chi connectivity index (χ0) is 13.3. The second kappa shape index (κ2) is 6.22. The number of aryl methyl sites for hydroxylation is 1. The smallest absolute Gasteiger partial charge is 0.132 e. The summed E-state index contributed by atoms with van der Waals surface area (Å²) in [5, 5.41) is 6.52. The molecule has 0 aromatic heterocycles. The highest BCUT2D eigenvalue weighted by atomic mass is 127. The van der Waals surface area contributed by atoms with Crippen LogP contribution in [0.25, 0.3) is 0 Å². The Morgan fingerprint density at radius 2 is 1.79 bits per heavy atom. The average Bonchev–Trinajstić information content (AvgIpc) is 2.27. The predicted molar refractivity (Wildman–Crippen MR) is 79.2 cm³/mol. The monoisotopic (exact) mass is 373 g/mol. The molecule has 0 N–H and O–H groups in total. The van der Waals surface area contributed by atoms with Gasteiger partial charge in [-0.25, -0.2) is 0 Å². The standard InChI is InChI=1S/C15H24N3.HI/c1-17(2)16-15-8-6-7-12-11-13(18(3,4)5)9-10-14(12)15;/h9-11H,6-8H2,1-5H3;1H/q+1;/p-1/b16-15+;. The number of fused-ring (bicyclic) bond motifs is 1. The molecular formula is C15H24IN3. The first-order valence-electron chi connectivity index (χ1n) is 6.58. The Kier molecular flexibility index (Phi) is 5.38. The van der Waals surface area contributed by atoms with Crippen molar-refractivity contribution in [2.75, 3.05) is 35.2 Å². The highest BCUT2D eigenvalue weighted by Crippen LogP contribution is 2.27. The molecule has 1 aliphatic rings. The molecule has 0 spiro atoms. The molecule has 0 amide bonds. The molecule has 106 valence electrons. The molecule has 4 heteroatoms. The first-order chi connectivity index (χ1) is 8.38. The van der Waals surface area contributed by atoms with Gasteiger partial charge in [0.25, 0.3) is 0 Å². The molecular weight excluding hydrogens is 349 g/mol. The topological polar surface area (TPSA) is 15.6 Å². The van der Waals surface area contributed by atoms with Crippen LogP contribution in [0.2, 0.25) is 0 Å². The summed E-state index contributed by atoms with van der Waals surface area (Å²) in [5.74, 6) is 0. The maximum absolute atomic E-state index is 4.61. The van der Waals surface area contributed by atoms with Crippen LogP contribution in [0.4, 0.5) is 5.69 Å². The van der Waals surface area contributed by atoms with Gasteiger partial charge in [-0.2, -0.15) is 5.10 Å². The summed E-state index contributed by atoms with van der Waals surface area (Å²) in [5.41, 5.74) is 5.38. The molecule has 1 aromatic carbocycles. The van der Waals surface area contributed by atoms with Crippen molar-refractivity contribution >= 4 is 11.4 Å². The third kappa shape index (κ3) is 3.92.